The van der Waals surface area contributed by atoms with Crippen molar-refractivity contribution in [2.24, 2.45) is 5.92 Å². The van der Waals surface area contributed by atoms with Crippen molar-refractivity contribution in [2.45, 2.75) is 32.6 Å². The molecule has 1 unspecified atom stereocenters. The third-order valence-corrected chi connectivity index (χ3v) is 3.93. The molecule has 0 aromatic heterocycles. The Morgan fingerprint density at radius 3 is 2.67 bits per heavy atom. The molecular weight excluding hydrogens is 271 g/mol. The Balaban J connectivity index is 2.54. The van der Waals surface area contributed by atoms with E-state index in [1.165, 1.54) is 24.8 Å². The Hall–Kier alpha value is -0.0100. The predicted molar refractivity (Wildman–Crippen MR) is 72.0 cm³/mol. The van der Waals surface area contributed by atoms with Gasteiger partial charge in [0.05, 0.1) is 0 Å². The van der Waals surface area contributed by atoms with Gasteiger partial charge in [-0.1, -0.05) is 65.5 Å². The van der Waals surface area contributed by atoms with Gasteiger partial charge in [0.15, 0.2) is 0 Å². The van der Waals surface area contributed by atoms with Crippen LogP contribution in [0, 0.1) is 5.92 Å². The highest BCUT2D eigenvalue weighted by Crippen LogP contribution is 2.22. The number of benzene rings is 1. The van der Waals surface area contributed by atoms with Crippen molar-refractivity contribution in [3.63, 3.8) is 0 Å². The Labute approximate surface area is 106 Å². The molecule has 0 N–H and O–H groups in total. The van der Waals surface area contributed by atoms with Crippen LogP contribution in [0.2, 0.25) is 5.02 Å². The highest BCUT2D eigenvalue weighted by Gasteiger charge is 2.09. The van der Waals surface area contributed by atoms with Crippen LogP contribution in [0.5, 0.6) is 0 Å². The second kappa shape index (κ2) is 7.29. The van der Waals surface area contributed by atoms with Crippen LogP contribution in [0.4, 0.5) is 0 Å². The normalized spacial score (nSPS) is 12.7. The molecule has 1 aromatic carbocycles. The first-order valence-corrected chi connectivity index (χ1v) is 7.07. The molecule has 84 valence electrons. The predicted octanol–water partition coefficient (Wildman–Crippen LogP) is 5.08. The van der Waals surface area contributed by atoms with Crippen LogP contribution in [-0.2, 0) is 6.42 Å². The topological polar surface area (TPSA) is 0 Å². The highest BCUT2D eigenvalue weighted by atomic mass is 79.9. The van der Waals surface area contributed by atoms with Crippen molar-refractivity contribution in [2.75, 3.05) is 5.33 Å². The van der Waals surface area contributed by atoms with Gasteiger partial charge < -0.3 is 0 Å². The number of unbranched alkanes of at least 4 members (excludes halogenated alkanes) is 1. The average molecular weight is 290 g/mol. The summed E-state index contributed by atoms with van der Waals surface area (Å²) >= 11 is 9.73. The molecule has 0 spiro atoms. The summed E-state index contributed by atoms with van der Waals surface area (Å²) in [6, 6.07) is 8.15. The maximum Gasteiger partial charge on any atom is 0.0438 e. The van der Waals surface area contributed by atoms with Gasteiger partial charge in [-0.15, -0.1) is 0 Å². The second-order valence-electron chi connectivity index (χ2n) is 3.96. The summed E-state index contributed by atoms with van der Waals surface area (Å²) in [7, 11) is 0. The van der Waals surface area contributed by atoms with Crippen LogP contribution in [0.15, 0.2) is 24.3 Å². The van der Waals surface area contributed by atoms with Gasteiger partial charge in [-0.3, -0.25) is 0 Å². The van der Waals surface area contributed by atoms with E-state index >= 15 is 0 Å². The smallest absolute Gasteiger partial charge is 0.0438 e. The summed E-state index contributed by atoms with van der Waals surface area (Å²) in [5.74, 6) is 0.713. The first-order valence-electron chi connectivity index (χ1n) is 5.57. The molecule has 0 saturated carbocycles. The second-order valence-corrected chi connectivity index (χ2v) is 5.01. The third-order valence-electron chi connectivity index (χ3n) is 2.65. The summed E-state index contributed by atoms with van der Waals surface area (Å²) in [6.45, 7) is 2.24. The van der Waals surface area contributed by atoms with E-state index < -0.39 is 0 Å². The molecular formula is C13H18BrCl. The molecule has 1 rings (SSSR count). The Bertz CT molecular complexity index is 286. The van der Waals surface area contributed by atoms with Gasteiger partial charge in [-0.05, 0) is 30.4 Å². The molecule has 0 nitrogen and oxygen atoms in total. The standard InChI is InChI=1S/C13H18BrCl/c1-2-3-6-11(10-14)9-12-7-4-5-8-13(12)15/h4-5,7-8,11H,2-3,6,9-10H2,1H3. The molecule has 0 aliphatic carbocycles. The zero-order chi connectivity index (χ0) is 11.1. The lowest BCUT2D eigenvalue weighted by Gasteiger charge is -2.14. The monoisotopic (exact) mass is 288 g/mol. The molecule has 0 aliphatic rings. The fraction of sp³-hybridized carbons (Fsp3) is 0.538. The van der Waals surface area contributed by atoms with Gasteiger partial charge in [0, 0.05) is 10.4 Å². The number of alkyl halides is 1. The molecule has 0 aliphatic heterocycles. The molecule has 0 fully saturated rings. The van der Waals surface area contributed by atoms with E-state index in [2.05, 4.69) is 35.0 Å². The Morgan fingerprint density at radius 2 is 2.07 bits per heavy atom. The third kappa shape index (κ3) is 4.56. The maximum atomic E-state index is 6.14. The van der Waals surface area contributed by atoms with Gasteiger partial charge in [0.25, 0.3) is 0 Å². The van der Waals surface area contributed by atoms with Gasteiger partial charge in [-0.2, -0.15) is 0 Å². The Morgan fingerprint density at radius 1 is 1.33 bits per heavy atom. The van der Waals surface area contributed by atoms with E-state index in [9.17, 15) is 0 Å². The molecule has 0 saturated heterocycles. The van der Waals surface area contributed by atoms with Gasteiger partial charge in [0.2, 0.25) is 0 Å². The van der Waals surface area contributed by atoms with Gasteiger partial charge in [0.1, 0.15) is 0 Å². The zero-order valence-electron chi connectivity index (χ0n) is 9.18. The van der Waals surface area contributed by atoms with Crippen molar-refractivity contribution in [3.8, 4) is 0 Å². The molecule has 0 heterocycles. The molecule has 15 heavy (non-hydrogen) atoms. The van der Waals surface area contributed by atoms with Crippen LogP contribution in [0.1, 0.15) is 31.7 Å². The van der Waals surface area contributed by atoms with E-state index in [0.29, 0.717) is 5.92 Å². The summed E-state index contributed by atoms with van der Waals surface area (Å²) in [5, 5.41) is 1.97. The van der Waals surface area contributed by atoms with E-state index in [1.807, 2.05) is 12.1 Å². The fourth-order valence-electron chi connectivity index (χ4n) is 1.70. The minimum Gasteiger partial charge on any atom is -0.0925 e. The van der Waals surface area contributed by atoms with E-state index in [4.69, 9.17) is 11.6 Å². The SMILES string of the molecule is CCCCC(CBr)Cc1ccccc1Cl. The van der Waals surface area contributed by atoms with E-state index in [1.54, 1.807) is 0 Å². The van der Waals surface area contributed by atoms with Crippen molar-refractivity contribution in [1.82, 2.24) is 0 Å². The summed E-state index contributed by atoms with van der Waals surface area (Å²) in [5.41, 5.74) is 1.28. The minimum atomic E-state index is 0.713. The zero-order valence-corrected chi connectivity index (χ0v) is 11.5. The Kier molecular flexibility index (Phi) is 6.35. The van der Waals surface area contributed by atoms with E-state index in [-0.39, 0.29) is 0 Å². The van der Waals surface area contributed by atoms with Gasteiger partial charge >= 0.3 is 0 Å². The summed E-state index contributed by atoms with van der Waals surface area (Å²) in [6.07, 6.45) is 4.95. The first kappa shape index (κ1) is 13.1. The van der Waals surface area contributed by atoms with Gasteiger partial charge in [-0.25, -0.2) is 0 Å². The molecule has 0 radical (unpaired) electrons. The fourth-order valence-corrected chi connectivity index (χ4v) is 2.47. The number of rotatable bonds is 6. The highest BCUT2D eigenvalue weighted by molar-refractivity contribution is 9.09. The van der Waals surface area contributed by atoms with Crippen molar-refractivity contribution in [3.05, 3.63) is 34.9 Å². The van der Waals surface area contributed by atoms with Crippen LogP contribution in [0.25, 0.3) is 0 Å². The molecule has 0 amide bonds. The lowest BCUT2D eigenvalue weighted by Crippen LogP contribution is -2.06. The van der Waals surface area contributed by atoms with Crippen LogP contribution in [0.3, 0.4) is 0 Å². The van der Waals surface area contributed by atoms with Crippen molar-refractivity contribution < 1.29 is 0 Å². The average Bonchev–Trinajstić information content (AvgIpc) is 2.26. The number of hydrogen-bond donors (Lipinski definition) is 0. The molecule has 2 heteroatoms. The molecule has 1 atom stereocenters. The number of hydrogen-bond acceptors (Lipinski definition) is 0. The van der Waals surface area contributed by atoms with Crippen LogP contribution >= 0.6 is 27.5 Å². The largest absolute Gasteiger partial charge is 0.0925 e. The van der Waals surface area contributed by atoms with Crippen LogP contribution in [-0.4, -0.2) is 5.33 Å². The molecule has 0 bridgehead atoms. The van der Waals surface area contributed by atoms with Crippen molar-refractivity contribution in [1.29, 1.82) is 0 Å². The first-order chi connectivity index (χ1) is 7.27. The quantitative estimate of drug-likeness (QED) is 0.640. The lowest BCUT2D eigenvalue weighted by atomic mass is 9.96. The maximum absolute atomic E-state index is 6.14. The lowest BCUT2D eigenvalue weighted by molar-refractivity contribution is 0.514. The summed E-state index contributed by atoms with van der Waals surface area (Å²) < 4.78 is 0. The van der Waals surface area contributed by atoms with E-state index in [0.717, 1.165) is 16.8 Å². The molecule has 1 aromatic rings. The van der Waals surface area contributed by atoms with Crippen LogP contribution < -0.4 is 0 Å². The minimum absolute atomic E-state index is 0.713. The van der Waals surface area contributed by atoms with Crippen molar-refractivity contribution >= 4 is 27.5 Å². The summed E-state index contributed by atoms with van der Waals surface area (Å²) in [4.78, 5) is 0. The number of halogens is 2.